The highest BCUT2D eigenvalue weighted by molar-refractivity contribution is 14.1. The summed E-state index contributed by atoms with van der Waals surface area (Å²) in [5, 5.41) is 0. The molecule has 0 saturated carbocycles. The van der Waals surface area contributed by atoms with Crippen LogP contribution < -0.4 is 11.3 Å². The maximum atomic E-state index is 5.80. The van der Waals surface area contributed by atoms with Crippen molar-refractivity contribution in [3.8, 4) is 0 Å². The molecule has 0 amide bonds. The van der Waals surface area contributed by atoms with Crippen molar-refractivity contribution in [2.24, 2.45) is 5.84 Å². The summed E-state index contributed by atoms with van der Waals surface area (Å²) in [5.74, 6) is 5.80. The average molecular weight is 356 g/mol. The molecule has 0 fully saturated rings. The number of halogens is 1. The van der Waals surface area contributed by atoms with Gasteiger partial charge in [-0.05, 0) is 59.9 Å². The van der Waals surface area contributed by atoms with Crippen molar-refractivity contribution < 1.29 is 0 Å². The third-order valence-electron chi connectivity index (χ3n) is 3.58. The normalized spacial score (nSPS) is 21.6. The predicted molar refractivity (Wildman–Crippen MR) is 85.0 cm³/mol. The first kappa shape index (κ1) is 14.0. The number of nitrogens with one attached hydrogen (secondary N) is 1. The zero-order valence-electron chi connectivity index (χ0n) is 10.7. The monoisotopic (exact) mass is 356 g/mol. The molecule has 0 aromatic heterocycles. The lowest BCUT2D eigenvalue weighted by atomic mass is 9.91. The van der Waals surface area contributed by atoms with E-state index in [4.69, 9.17) is 5.84 Å². The van der Waals surface area contributed by atoms with Crippen molar-refractivity contribution in [3.63, 3.8) is 0 Å². The third-order valence-corrected chi connectivity index (χ3v) is 4.56. The SMILES string of the molecule is NNC(/C1=C/CCCCCC1)c1ccccc1I. The van der Waals surface area contributed by atoms with Crippen LogP contribution in [0.1, 0.15) is 50.1 Å². The molecule has 1 aromatic rings. The van der Waals surface area contributed by atoms with E-state index in [1.165, 1.54) is 53.2 Å². The molecule has 1 aromatic carbocycles. The zero-order valence-corrected chi connectivity index (χ0v) is 12.8. The molecule has 2 rings (SSSR count). The van der Waals surface area contributed by atoms with E-state index in [2.05, 4.69) is 58.4 Å². The molecule has 0 heterocycles. The number of hydrogen-bond donors (Lipinski definition) is 2. The summed E-state index contributed by atoms with van der Waals surface area (Å²) in [7, 11) is 0. The van der Waals surface area contributed by atoms with Gasteiger partial charge in [0, 0.05) is 3.57 Å². The van der Waals surface area contributed by atoms with Gasteiger partial charge in [-0.15, -0.1) is 0 Å². The summed E-state index contributed by atoms with van der Waals surface area (Å²) in [6.07, 6.45) is 10.1. The minimum absolute atomic E-state index is 0.177. The molecule has 0 spiro atoms. The van der Waals surface area contributed by atoms with Crippen LogP contribution in [0.25, 0.3) is 0 Å². The fraction of sp³-hybridized carbons (Fsp3) is 0.467. The summed E-state index contributed by atoms with van der Waals surface area (Å²) in [5.41, 5.74) is 5.76. The van der Waals surface area contributed by atoms with E-state index < -0.39 is 0 Å². The zero-order chi connectivity index (χ0) is 12.8. The Labute approximate surface area is 123 Å². The summed E-state index contributed by atoms with van der Waals surface area (Å²) < 4.78 is 1.28. The summed E-state index contributed by atoms with van der Waals surface area (Å²) in [6.45, 7) is 0. The standard InChI is InChI=1S/C15H21IN2/c16-14-11-7-6-10-13(14)15(18-17)12-8-4-2-1-3-5-9-12/h6-8,10-11,15,18H,1-5,9,17H2/b12-8+. The number of allylic oxidation sites excluding steroid dienone is 1. The first-order chi connectivity index (χ1) is 8.83. The lowest BCUT2D eigenvalue weighted by Gasteiger charge is -2.23. The molecule has 0 aliphatic heterocycles. The van der Waals surface area contributed by atoms with Crippen LogP contribution >= 0.6 is 22.6 Å². The smallest absolute Gasteiger partial charge is 0.0680 e. The van der Waals surface area contributed by atoms with Crippen LogP contribution in [-0.4, -0.2) is 0 Å². The molecule has 2 nitrogen and oxygen atoms in total. The van der Waals surface area contributed by atoms with E-state index in [0.29, 0.717) is 0 Å². The van der Waals surface area contributed by atoms with E-state index in [-0.39, 0.29) is 6.04 Å². The Kier molecular flexibility index (Phi) is 5.66. The van der Waals surface area contributed by atoms with Crippen LogP contribution in [0.2, 0.25) is 0 Å². The van der Waals surface area contributed by atoms with Crippen LogP contribution in [-0.2, 0) is 0 Å². The molecular weight excluding hydrogens is 335 g/mol. The molecule has 1 aliphatic rings. The number of nitrogens with two attached hydrogens (primary N) is 1. The summed E-state index contributed by atoms with van der Waals surface area (Å²) in [6, 6.07) is 8.66. The summed E-state index contributed by atoms with van der Waals surface area (Å²) in [4.78, 5) is 0. The lowest BCUT2D eigenvalue weighted by molar-refractivity contribution is 0.554. The molecule has 3 heteroatoms. The summed E-state index contributed by atoms with van der Waals surface area (Å²) >= 11 is 2.39. The van der Waals surface area contributed by atoms with Crippen molar-refractivity contribution in [2.45, 2.75) is 44.6 Å². The highest BCUT2D eigenvalue weighted by atomic mass is 127. The predicted octanol–water partition coefficient (Wildman–Crippen LogP) is 4.08. The Morgan fingerprint density at radius 2 is 1.89 bits per heavy atom. The van der Waals surface area contributed by atoms with Crippen molar-refractivity contribution in [2.75, 3.05) is 0 Å². The second-order valence-electron chi connectivity index (χ2n) is 4.85. The molecule has 1 unspecified atom stereocenters. The van der Waals surface area contributed by atoms with Gasteiger partial charge in [0.1, 0.15) is 0 Å². The van der Waals surface area contributed by atoms with Crippen molar-refractivity contribution >= 4 is 22.6 Å². The van der Waals surface area contributed by atoms with E-state index in [9.17, 15) is 0 Å². The Morgan fingerprint density at radius 1 is 1.11 bits per heavy atom. The van der Waals surface area contributed by atoms with Crippen LogP contribution in [0.3, 0.4) is 0 Å². The lowest BCUT2D eigenvalue weighted by Crippen LogP contribution is -2.30. The Hall–Kier alpha value is -0.390. The van der Waals surface area contributed by atoms with Gasteiger partial charge in [-0.25, -0.2) is 5.43 Å². The van der Waals surface area contributed by atoms with E-state index >= 15 is 0 Å². The van der Waals surface area contributed by atoms with Crippen LogP contribution in [0.5, 0.6) is 0 Å². The van der Waals surface area contributed by atoms with Crippen LogP contribution in [0.4, 0.5) is 0 Å². The van der Waals surface area contributed by atoms with Gasteiger partial charge in [0.05, 0.1) is 6.04 Å². The molecule has 1 aliphatic carbocycles. The molecule has 98 valence electrons. The van der Waals surface area contributed by atoms with Gasteiger partial charge >= 0.3 is 0 Å². The first-order valence-corrected chi connectivity index (χ1v) is 7.80. The molecule has 3 N–H and O–H groups in total. The topological polar surface area (TPSA) is 38.0 Å². The molecule has 18 heavy (non-hydrogen) atoms. The van der Waals surface area contributed by atoms with Gasteiger partial charge in [0.15, 0.2) is 0 Å². The maximum Gasteiger partial charge on any atom is 0.0680 e. The average Bonchev–Trinajstić information content (AvgIpc) is 2.34. The second kappa shape index (κ2) is 7.26. The van der Waals surface area contributed by atoms with Gasteiger partial charge in [-0.2, -0.15) is 0 Å². The second-order valence-corrected chi connectivity index (χ2v) is 6.02. The molecular formula is C15H21IN2. The van der Waals surface area contributed by atoms with Crippen molar-refractivity contribution in [1.82, 2.24) is 5.43 Å². The fourth-order valence-electron chi connectivity index (χ4n) is 2.58. The van der Waals surface area contributed by atoms with Crippen LogP contribution in [0.15, 0.2) is 35.9 Å². The molecule has 0 saturated heterocycles. The number of benzene rings is 1. The van der Waals surface area contributed by atoms with Crippen LogP contribution in [0, 0.1) is 3.57 Å². The van der Waals surface area contributed by atoms with Crippen molar-refractivity contribution in [1.29, 1.82) is 0 Å². The van der Waals surface area contributed by atoms with E-state index in [1.807, 2.05) is 0 Å². The Morgan fingerprint density at radius 3 is 2.67 bits per heavy atom. The maximum absolute atomic E-state index is 5.80. The number of rotatable bonds is 3. The molecule has 1 atom stereocenters. The minimum Gasteiger partial charge on any atom is -0.271 e. The van der Waals surface area contributed by atoms with Gasteiger partial charge in [0.25, 0.3) is 0 Å². The highest BCUT2D eigenvalue weighted by Gasteiger charge is 2.17. The number of hydrogen-bond acceptors (Lipinski definition) is 2. The quantitative estimate of drug-likeness (QED) is 0.371. The molecule has 0 radical (unpaired) electrons. The van der Waals surface area contributed by atoms with Gasteiger partial charge in [-0.3, -0.25) is 5.84 Å². The highest BCUT2D eigenvalue weighted by Crippen LogP contribution is 2.30. The van der Waals surface area contributed by atoms with Gasteiger partial charge in [-0.1, -0.05) is 42.7 Å². The third kappa shape index (κ3) is 3.56. The van der Waals surface area contributed by atoms with Gasteiger partial charge in [0.2, 0.25) is 0 Å². The van der Waals surface area contributed by atoms with E-state index in [0.717, 1.165) is 0 Å². The fourth-order valence-corrected chi connectivity index (χ4v) is 3.28. The Bertz CT molecular complexity index is 415. The first-order valence-electron chi connectivity index (χ1n) is 6.72. The minimum atomic E-state index is 0.177. The molecule has 0 bridgehead atoms. The van der Waals surface area contributed by atoms with Crippen molar-refractivity contribution in [3.05, 3.63) is 45.0 Å². The number of hydrazine groups is 1. The Balaban J connectivity index is 2.24. The van der Waals surface area contributed by atoms with E-state index in [1.54, 1.807) is 0 Å². The largest absolute Gasteiger partial charge is 0.271 e. The van der Waals surface area contributed by atoms with Gasteiger partial charge < -0.3 is 0 Å².